The van der Waals surface area contributed by atoms with Crippen molar-refractivity contribution in [1.82, 2.24) is 9.88 Å². The van der Waals surface area contributed by atoms with Gasteiger partial charge in [-0.25, -0.2) is 13.8 Å². The number of ether oxygens (including phenoxy) is 1. The number of hydrogen-bond acceptors (Lipinski definition) is 6. The van der Waals surface area contributed by atoms with E-state index >= 15 is 0 Å². The molecule has 0 amide bonds. The first-order valence-electron chi connectivity index (χ1n) is 10.2. The SMILES string of the molecule is NC(CCN(CCCCc1ccc2c(n1)NCCC2)CCOCC(F)F)C(=O)O. The lowest BCUT2D eigenvalue weighted by Crippen LogP contribution is -2.37. The van der Waals surface area contributed by atoms with Gasteiger partial charge in [0.25, 0.3) is 6.43 Å². The van der Waals surface area contributed by atoms with Gasteiger partial charge in [-0.15, -0.1) is 0 Å². The minimum atomic E-state index is -2.48. The number of aromatic nitrogens is 1. The van der Waals surface area contributed by atoms with Crippen LogP contribution in [0.3, 0.4) is 0 Å². The smallest absolute Gasteiger partial charge is 0.320 e. The summed E-state index contributed by atoms with van der Waals surface area (Å²) in [5.74, 6) is -0.0415. The van der Waals surface area contributed by atoms with Crippen molar-refractivity contribution >= 4 is 11.8 Å². The van der Waals surface area contributed by atoms with Gasteiger partial charge in [0.1, 0.15) is 18.5 Å². The van der Waals surface area contributed by atoms with E-state index in [0.717, 1.165) is 56.7 Å². The number of carboxylic acids is 1. The van der Waals surface area contributed by atoms with Gasteiger partial charge in [0.15, 0.2) is 0 Å². The fraction of sp³-hybridized carbons (Fsp3) is 0.700. The number of hydrogen-bond donors (Lipinski definition) is 3. The molecule has 0 bridgehead atoms. The molecule has 164 valence electrons. The van der Waals surface area contributed by atoms with Crippen molar-refractivity contribution in [1.29, 1.82) is 0 Å². The number of anilines is 1. The molecule has 0 saturated carbocycles. The van der Waals surface area contributed by atoms with Crippen LogP contribution in [-0.4, -0.2) is 72.8 Å². The summed E-state index contributed by atoms with van der Waals surface area (Å²) in [6, 6.07) is 3.30. The molecule has 29 heavy (non-hydrogen) atoms. The molecule has 0 aromatic carbocycles. The Labute approximate surface area is 170 Å². The highest BCUT2D eigenvalue weighted by molar-refractivity contribution is 5.72. The van der Waals surface area contributed by atoms with E-state index in [1.807, 2.05) is 4.90 Å². The van der Waals surface area contributed by atoms with Crippen molar-refractivity contribution in [3.63, 3.8) is 0 Å². The van der Waals surface area contributed by atoms with Gasteiger partial charge in [-0.1, -0.05) is 6.07 Å². The molecule has 2 heterocycles. The molecule has 1 atom stereocenters. The summed E-state index contributed by atoms with van der Waals surface area (Å²) >= 11 is 0. The van der Waals surface area contributed by atoms with Gasteiger partial charge >= 0.3 is 5.97 Å². The Kier molecular flexibility index (Phi) is 10.2. The second-order valence-electron chi connectivity index (χ2n) is 7.34. The molecule has 9 heteroatoms. The third-order valence-electron chi connectivity index (χ3n) is 4.98. The molecule has 0 aliphatic carbocycles. The van der Waals surface area contributed by atoms with Crippen LogP contribution in [0.4, 0.5) is 14.6 Å². The summed E-state index contributed by atoms with van der Waals surface area (Å²) in [5, 5.41) is 12.3. The third kappa shape index (κ3) is 9.01. The molecule has 0 saturated heterocycles. The number of fused-ring (bicyclic) bond motifs is 1. The van der Waals surface area contributed by atoms with Crippen LogP contribution in [0.1, 0.15) is 36.9 Å². The zero-order chi connectivity index (χ0) is 21.1. The zero-order valence-electron chi connectivity index (χ0n) is 16.8. The Morgan fingerprint density at radius 3 is 2.90 bits per heavy atom. The highest BCUT2D eigenvalue weighted by Crippen LogP contribution is 2.20. The summed E-state index contributed by atoms with van der Waals surface area (Å²) < 4.78 is 29.3. The van der Waals surface area contributed by atoms with Gasteiger partial charge in [-0.2, -0.15) is 0 Å². The number of halogens is 2. The maximum Gasteiger partial charge on any atom is 0.320 e. The molecule has 0 spiro atoms. The first-order chi connectivity index (χ1) is 14.0. The zero-order valence-corrected chi connectivity index (χ0v) is 16.8. The predicted molar refractivity (Wildman–Crippen MR) is 107 cm³/mol. The maximum atomic E-state index is 12.2. The summed E-state index contributed by atoms with van der Waals surface area (Å²) in [7, 11) is 0. The van der Waals surface area contributed by atoms with Crippen LogP contribution in [0.15, 0.2) is 12.1 Å². The fourth-order valence-electron chi connectivity index (χ4n) is 3.30. The van der Waals surface area contributed by atoms with Crippen molar-refractivity contribution in [2.45, 2.75) is 51.0 Å². The van der Waals surface area contributed by atoms with E-state index in [2.05, 4.69) is 22.4 Å². The van der Waals surface area contributed by atoms with E-state index in [1.165, 1.54) is 5.56 Å². The van der Waals surface area contributed by atoms with Gasteiger partial charge in [0.2, 0.25) is 0 Å². The van der Waals surface area contributed by atoms with Gasteiger partial charge < -0.3 is 25.8 Å². The van der Waals surface area contributed by atoms with E-state index in [1.54, 1.807) is 0 Å². The summed E-state index contributed by atoms with van der Waals surface area (Å²) in [6.07, 6.45) is 2.71. The summed E-state index contributed by atoms with van der Waals surface area (Å²) in [5.41, 5.74) is 7.90. The molecule has 1 aromatic heterocycles. The number of carbonyl (C=O) groups is 1. The Hall–Kier alpha value is -1.84. The van der Waals surface area contributed by atoms with Gasteiger partial charge in [0, 0.05) is 25.3 Å². The molecule has 1 aliphatic rings. The number of alkyl halides is 2. The van der Waals surface area contributed by atoms with Gasteiger partial charge in [-0.3, -0.25) is 4.79 Å². The van der Waals surface area contributed by atoms with E-state index in [0.29, 0.717) is 19.5 Å². The molecule has 0 fully saturated rings. The van der Waals surface area contributed by atoms with Crippen LogP contribution in [0.5, 0.6) is 0 Å². The number of nitrogens with zero attached hydrogens (tertiary/aromatic N) is 2. The van der Waals surface area contributed by atoms with Crippen LogP contribution >= 0.6 is 0 Å². The molecule has 4 N–H and O–H groups in total. The monoisotopic (exact) mass is 414 g/mol. The second kappa shape index (κ2) is 12.7. The van der Waals surface area contributed by atoms with Crippen LogP contribution in [0.2, 0.25) is 0 Å². The van der Waals surface area contributed by atoms with Crippen LogP contribution in [0, 0.1) is 0 Å². The number of aryl methyl sites for hydroxylation is 2. The molecule has 0 radical (unpaired) electrons. The minimum absolute atomic E-state index is 0.185. The predicted octanol–water partition coefficient (Wildman–Crippen LogP) is 2.15. The van der Waals surface area contributed by atoms with Gasteiger partial charge in [0.05, 0.1) is 6.61 Å². The lowest BCUT2D eigenvalue weighted by Gasteiger charge is -2.23. The van der Waals surface area contributed by atoms with Crippen LogP contribution in [-0.2, 0) is 22.4 Å². The normalized spacial score (nSPS) is 14.7. The number of carboxylic acid groups (broad SMARTS) is 1. The first kappa shape index (κ1) is 23.4. The largest absolute Gasteiger partial charge is 0.480 e. The minimum Gasteiger partial charge on any atom is -0.480 e. The lowest BCUT2D eigenvalue weighted by atomic mass is 10.1. The molecular formula is C20H32F2N4O3. The highest BCUT2D eigenvalue weighted by Gasteiger charge is 2.14. The van der Waals surface area contributed by atoms with E-state index in [9.17, 15) is 13.6 Å². The third-order valence-corrected chi connectivity index (χ3v) is 4.98. The average molecular weight is 414 g/mol. The summed E-state index contributed by atoms with van der Waals surface area (Å²) in [6.45, 7) is 2.26. The molecule has 1 unspecified atom stereocenters. The van der Waals surface area contributed by atoms with Gasteiger partial charge in [-0.05, 0) is 56.7 Å². The van der Waals surface area contributed by atoms with E-state index in [-0.39, 0.29) is 6.61 Å². The molecule has 7 nitrogen and oxygen atoms in total. The topological polar surface area (TPSA) is 101 Å². The van der Waals surface area contributed by atoms with Crippen LogP contribution < -0.4 is 11.1 Å². The van der Waals surface area contributed by atoms with Crippen molar-refractivity contribution < 1.29 is 23.4 Å². The molecule has 1 aromatic rings. The van der Waals surface area contributed by atoms with Crippen molar-refractivity contribution in [2.24, 2.45) is 5.73 Å². The fourth-order valence-corrected chi connectivity index (χ4v) is 3.30. The summed E-state index contributed by atoms with van der Waals surface area (Å²) in [4.78, 5) is 17.6. The molecule has 1 aliphatic heterocycles. The van der Waals surface area contributed by atoms with Crippen molar-refractivity contribution in [3.8, 4) is 0 Å². The quantitative estimate of drug-likeness (QED) is 0.401. The number of unbranched alkanes of at least 4 members (excludes halogenated alkanes) is 1. The Morgan fingerprint density at radius 1 is 1.31 bits per heavy atom. The number of nitrogens with two attached hydrogens (primary N) is 1. The number of pyridine rings is 1. The Balaban J connectivity index is 1.74. The highest BCUT2D eigenvalue weighted by atomic mass is 19.3. The molecule has 2 rings (SSSR count). The van der Waals surface area contributed by atoms with Crippen LogP contribution in [0.25, 0.3) is 0 Å². The Bertz CT molecular complexity index is 634. The number of aliphatic carboxylic acids is 1. The van der Waals surface area contributed by atoms with E-state index < -0.39 is 25.0 Å². The first-order valence-corrected chi connectivity index (χ1v) is 10.2. The van der Waals surface area contributed by atoms with Crippen molar-refractivity contribution in [2.75, 3.05) is 44.7 Å². The average Bonchev–Trinajstić information content (AvgIpc) is 2.71. The number of rotatable bonds is 14. The molecular weight excluding hydrogens is 382 g/mol. The van der Waals surface area contributed by atoms with E-state index in [4.69, 9.17) is 15.6 Å². The Morgan fingerprint density at radius 2 is 2.14 bits per heavy atom. The maximum absolute atomic E-state index is 12.2. The lowest BCUT2D eigenvalue weighted by molar-refractivity contribution is -0.138. The standard InChI is InChI=1S/C20H32F2N4O3/c21-18(22)14-29-13-12-26(11-8-17(23)20(27)28)10-2-1-5-16-7-6-15-4-3-9-24-19(15)25-16/h6-7,17-18H,1-5,8-14,23H2,(H,24,25)(H,27,28). The van der Waals surface area contributed by atoms with Crippen molar-refractivity contribution in [3.05, 3.63) is 23.4 Å². The second-order valence-corrected chi connectivity index (χ2v) is 7.34. The number of nitrogens with one attached hydrogen (secondary N) is 1.